The van der Waals surface area contributed by atoms with Crippen LogP contribution in [0.15, 0.2) is 10.7 Å². The zero-order chi connectivity index (χ0) is 3.41. The molecule has 0 heterocycles. The standard InChI is InChI=1S/C2H3.CH3.Sn/c1-2;;/h1H,2H2;1H3;. The van der Waals surface area contributed by atoms with Crippen LogP contribution in [0.3, 0.4) is 0 Å². The van der Waals surface area contributed by atoms with Gasteiger partial charge in [0, 0.05) is 0 Å². The Morgan fingerprint density at radius 1 is 2.00 bits per heavy atom. The summed E-state index contributed by atoms with van der Waals surface area (Å²) in [7, 11) is 0. The number of hydrogen-bond acceptors (Lipinski definition) is 0. The summed E-state index contributed by atoms with van der Waals surface area (Å²) in [5.41, 5.74) is 0. The average Bonchev–Trinajstić information content (AvgIpc) is 1.37. The van der Waals surface area contributed by atoms with Gasteiger partial charge in [-0.25, -0.2) is 0 Å². The third kappa shape index (κ3) is 2.54. The van der Waals surface area contributed by atoms with Gasteiger partial charge in [-0.05, 0) is 0 Å². The SMILES string of the molecule is C=[CH][Sn][CH3]. The van der Waals surface area contributed by atoms with Gasteiger partial charge in [0.25, 0.3) is 0 Å². The minimum atomic E-state index is -0.0122. The van der Waals surface area contributed by atoms with E-state index in [2.05, 4.69) is 11.5 Å². The monoisotopic (exact) mass is 162 g/mol. The van der Waals surface area contributed by atoms with Crippen LogP contribution < -0.4 is 0 Å². The van der Waals surface area contributed by atoms with Crippen molar-refractivity contribution < 1.29 is 0 Å². The summed E-state index contributed by atoms with van der Waals surface area (Å²) < 4.78 is 2.04. The van der Waals surface area contributed by atoms with Crippen molar-refractivity contribution in [3.8, 4) is 0 Å². The first-order valence-electron chi connectivity index (χ1n) is 1.20. The van der Waals surface area contributed by atoms with Crippen LogP contribution in [0.1, 0.15) is 0 Å². The molecule has 0 saturated heterocycles. The number of rotatable bonds is 1. The Morgan fingerprint density at radius 2 is 2.25 bits per heavy atom. The number of hydrogen-bond donors (Lipinski definition) is 0. The Labute approximate surface area is 37.1 Å². The van der Waals surface area contributed by atoms with E-state index in [4.69, 9.17) is 0 Å². The molecule has 4 heavy (non-hydrogen) atoms. The van der Waals surface area contributed by atoms with E-state index in [1.807, 2.05) is 4.09 Å². The minimum absolute atomic E-state index is 0.0122. The summed E-state index contributed by atoms with van der Waals surface area (Å²) in [6.45, 7) is 3.55. The fraction of sp³-hybridized carbons (Fsp3) is 0.333. The molecule has 0 aliphatic rings. The second-order valence-corrected chi connectivity index (χ2v) is 3.31. The van der Waals surface area contributed by atoms with E-state index in [0.717, 1.165) is 0 Å². The van der Waals surface area contributed by atoms with E-state index in [0.29, 0.717) is 0 Å². The van der Waals surface area contributed by atoms with Gasteiger partial charge < -0.3 is 0 Å². The van der Waals surface area contributed by atoms with Gasteiger partial charge in [0.15, 0.2) is 0 Å². The van der Waals surface area contributed by atoms with Crippen molar-refractivity contribution in [3.05, 3.63) is 10.7 Å². The predicted molar refractivity (Wildman–Crippen MR) is 21.8 cm³/mol. The molecule has 0 aromatic rings. The molecule has 0 nitrogen and oxygen atoms in total. The molecule has 22 valence electrons. The molecule has 0 unspecified atom stereocenters. The van der Waals surface area contributed by atoms with Gasteiger partial charge in [0.05, 0.1) is 0 Å². The fourth-order valence-corrected chi connectivity index (χ4v) is 0. The molecule has 0 aromatic heterocycles. The molecule has 0 aliphatic heterocycles. The Kier molecular flexibility index (Phi) is 4.02. The fourth-order valence-electron chi connectivity index (χ4n) is 0. The van der Waals surface area contributed by atoms with E-state index < -0.39 is 0 Å². The van der Waals surface area contributed by atoms with E-state index >= 15 is 0 Å². The summed E-state index contributed by atoms with van der Waals surface area (Å²) in [5.74, 6) is 0. The topological polar surface area (TPSA) is 0 Å². The quantitative estimate of drug-likeness (QED) is 0.500. The molecule has 0 atom stereocenters. The van der Waals surface area contributed by atoms with E-state index in [1.165, 1.54) is 0 Å². The van der Waals surface area contributed by atoms with Crippen LogP contribution in [-0.2, 0) is 0 Å². The van der Waals surface area contributed by atoms with Crippen molar-refractivity contribution in [1.29, 1.82) is 0 Å². The molecular weight excluding hydrogens is 155 g/mol. The Bertz CT molecular complexity index is 17.2. The molecule has 0 N–H and O–H groups in total. The summed E-state index contributed by atoms with van der Waals surface area (Å²) in [6, 6.07) is 0. The van der Waals surface area contributed by atoms with Crippen molar-refractivity contribution in [1.82, 2.24) is 0 Å². The van der Waals surface area contributed by atoms with Gasteiger partial charge in [0.2, 0.25) is 0 Å². The van der Waals surface area contributed by atoms with Crippen molar-refractivity contribution in [2.75, 3.05) is 0 Å². The molecule has 0 aliphatic carbocycles. The average molecular weight is 161 g/mol. The van der Waals surface area contributed by atoms with E-state index in [1.54, 1.807) is 0 Å². The maximum absolute atomic E-state index is 3.55. The third-order valence-electron chi connectivity index (χ3n) is 0.204. The van der Waals surface area contributed by atoms with Gasteiger partial charge in [-0.3, -0.25) is 0 Å². The molecule has 0 rings (SSSR count). The van der Waals surface area contributed by atoms with Crippen molar-refractivity contribution in [3.63, 3.8) is 0 Å². The van der Waals surface area contributed by atoms with E-state index in [9.17, 15) is 0 Å². The van der Waals surface area contributed by atoms with Crippen LogP contribution in [0, 0.1) is 0 Å². The Morgan fingerprint density at radius 3 is 2.25 bits per heavy atom. The third-order valence-corrected chi connectivity index (χ3v) is 1.37. The first-order valence-corrected chi connectivity index (χ1v) is 5.70. The molecule has 2 radical (unpaired) electrons. The molecule has 0 aromatic carbocycles. The molecule has 0 fully saturated rings. The van der Waals surface area contributed by atoms with Crippen LogP contribution in [0.4, 0.5) is 0 Å². The Balaban J connectivity index is 2.30. The van der Waals surface area contributed by atoms with Crippen molar-refractivity contribution >= 4 is 21.1 Å². The van der Waals surface area contributed by atoms with Crippen LogP contribution in [0.25, 0.3) is 0 Å². The Hall–Kier alpha value is 0.539. The van der Waals surface area contributed by atoms with Gasteiger partial charge in [-0.2, -0.15) is 0 Å². The van der Waals surface area contributed by atoms with Crippen LogP contribution in [0.2, 0.25) is 4.94 Å². The first kappa shape index (κ1) is 4.54. The van der Waals surface area contributed by atoms with Gasteiger partial charge >= 0.3 is 36.8 Å². The zero-order valence-electron chi connectivity index (χ0n) is 2.78. The second-order valence-electron chi connectivity index (χ2n) is 0.493. The van der Waals surface area contributed by atoms with Gasteiger partial charge in [0.1, 0.15) is 0 Å². The normalized spacial score (nSPS) is 6.25. The van der Waals surface area contributed by atoms with Crippen LogP contribution in [0.5, 0.6) is 0 Å². The first-order chi connectivity index (χ1) is 1.91. The summed E-state index contributed by atoms with van der Waals surface area (Å²) >= 11 is -0.0122. The predicted octanol–water partition coefficient (Wildman–Crippen LogP) is 0.882. The second kappa shape index (κ2) is 3.54. The summed E-state index contributed by atoms with van der Waals surface area (Å²) in [4.78, 5) is 2.23. The zero-order valence-corrected chi connectivity index (χ0v) is 5.64. The van der Waals surface area contributed by atoms with Gasteiger partial charge in [-0.1, -0.05) is 0 Å². The molecule has 0 bridgehead atoms. The maximum atomic E-state index is 3.55. The molecule has 0 amide bonds. The van der Waals surface area contributed by atoms with Crippen LogP contribution >= 0.6 is 0 Å². The van der Waals surface area contributed by atoms with Crippen LogP contribution in [-0.4, -0.2) is 21.1 Å². The van der Waals surface area contributed by atoms with Gasteiger partial charge in [-0.15, -0.1) is 0 Å². The van der Waals surface area contributed by atoms with E-state index in [-0.39, 0.29) is 21.1 Å². The molecule has 0 saturated carbocycles. The van der Waals surface area contributed by atoms with Crippen molar-refractivity contribution in [2.24, 2.45) is 0 Å². The molecule has 1 heteroatoms. The summed E-state index contributed by atoms with van der Waals surface area (Å²) in [6.07, 6.45) is 0. The van der Waals surface area contributed by atoms with Crippen molar-refractivity contribution in [2.45, 2.75) is 4.94 Å². The molecule has 0 spiro atoms. The summed E-state index contributed by atoms with van der Waals surface area (Å²) in [5, 5.41) is 0. The molecular formula is C3H6Sn.